The normalized spacial score (nSPS) is 19.2. The van der Waals surface area contributed by atoms with Gasteiger partial charge in [0.25, 0.3) is 0 Å². The fraction of sp³-hybridized carbons (Fsp3) is 0.562. The molecule has 0 spiro atoms. The summed E-state index contributed by atoms with van der Waals surface area (Å²) in [6.07, 6.45) is 3.53. The van der Waals surface area contributed by atoms with E-state index in [0.29, 0.717) is 12.6 Å². The van der Waals surface area contributed by atoms with E-state index in [4.69, 9.17) is 17.3 Å². The van der Waals surface area contributed by atoms with Gasteiger partial charge in [-0.2, -0.15) is 0 Å². The minimum absolute atomic E-state index is 0. The molecule has 1 aromatic rings. The molecule has 23 heavy (non-hydrogen) atoms. The molecule has 0 radical (unpaired) electrons. The van der Waals surface area contributed by atoms with Gasteiger partial charge in [0.15, 0.2) is 0 Å². The molecule has 2 rings (SSSR count). The van der Waals surface area contributed by atoms with Crippen LogP contribution >= 0.6 is 36.4 Å². The van der Waals surface area contributed by atoms with Crippen LogP contribution in [0.5, 0.6) is 0 Å². The lowest BCUT2D eigenvalue weighted by atomic mass is 10.0. The zero-order chi connectivity index (χ0) is 15.2. The predicted octanol–water partition coefficient (Wildman–Crippen LogP) is 3.00. The third kappa shape index (κ3) is 7.27. The third-order valence-corrected chi connectivity index (χ3v) is 4.18. The van der Waals surface area contributed by atoms with E-state index in [0.717, 1.165) is 24.5 Å². The van der Waals surface area contributed by atoms with Crippen LogP contribution in [0.4, 0.5) is 0 Å². The maximum Gasteiger partial charge on any atom is 0.236 e. The number of halogens is 3. The molecule has 1 aliphatic heterocycles. The van der Waals surface area contributed by atoms with E-state index in [1.807, 2.05) is 18.2 Å². The molecule has 1 unspecified atom stereocenters. The Kier molecular flexibility index (Phi) is 10.9. The number of nitrogens with one attached hydrogen (secondary N) is 1. The molecule has 2 atom stereocenters. The first-order valence-corrected chi connectivity index (χ1v) is 7.96. The van der Waals surface area contributed by atoms with E-state index in [-0.39, 0.29) is 30.7 Å². The molecular weight excluding hydrogens is 357 g/mol. The molecule has 1 saturated heterocycles. The topological polar surface area (TPSA) is 58.4 Å². The highest BCUT2D eigenvalue weighted by atomic mass is 35.5. The number of nitrogens with two attached hydrogens (primary N) is 1. The lowest BCUT2D eigenvalue weighted by Crippen LogP contribution is -2.48. The molecule has 1 fully saturated rings. The van der Waals surface area contributed by atoms with Crippen molar-refractivity contribution in [2.24, 2.45) is 5.73 Å². The van der Waals surface area contributed by atoms with Crippen LogP contribution in [0.15, 0.2) is 24.3 Å². The van der Waals surface area contributed by atoms with Crippen LogP contribution in [0.2, 0.25) is 5.02 Å². The van der Waals surface area contributed by atoms with Crippen molar-refractivity contribution >= 4 is 42.3 Å². The summed E-state index contributed by atoms with van der Waals surface area (Å²) in [5.41, 5.74) is 6.80. The Morgan fingerprint density at radius 3 is 2.83 bits per heavy atom. The number of carbonyl (C=O) groups excluding carboxylic acids is 1. The molecule has 132 valence electrons. The second-order valence-corrected chi connectivity index (χ2v) is 6.22. The van der Waals surface area contributed by atoms with E-state index in [1.165, 1.54) is 18.4 Å². The Labute approximate surface area is 155 Å². The molecular formula is C16H26Cl3N3O. The summed E-state index contributed by atoms with van der Waals surface area (Å²) in [7, 11) is 0. The number of amides is 1. The Bertz CT molecular complexity index is 485. The van der Waals surface area contributed by atoms with Gasteiger partial charge in [-0.3, -0.25) is 9.69 Å². The van der Waals surface area contributed by atoms with Gasteiger partial charge in [-0.15, -0.1) is 24.8 Å². The van der Waals surface area contributed by atoms with E-state index >= 15 is 0 Å². The molecule has 0 saturated carbocycles. The molecule has 7 heteroatoms. The van der Waals surface area contributed by atoms with Gasteiger partial charge in [-0.25, -0.2) is 0 Å². The van der Waals surface area contributed by atoms with Crippen molar-refractivity contribution in [3.63, 3.8) is 0 Å². The summed E-state index contributed by atoms with van der Waals surface area (Å²) in [6, 6.07) is 7.90. The summed E-state index contributed by atoms with van der Waals surface area (Å²) in [6.45, 7) is 4.31. The van der Waals surface area contributed by atoms with Gasteiger partial charge >= 0.3 is 0 Å². The number of rotatable bonds is 5. The van der Waals surface area contributed by atoms with Crippen molar-refractivity contribution in [2.75, 3.05) is 13.1 Å². The van der Waals surface area contributed by atoms with Gasteiger partial charge in [-0.05, 0) is 44.0 Å². The van der Waals surface area contributed by atoms with Gasteiger partial charge in [0, 0.05) is 24.2 Å². The number of carbonyl (C=O) groups is 1. The van der Waals surface area contributed by atoms with E-state index in [2.05, 4.69) is 16.3 Å². The largest absolute Gasteiger partial charge is 0.353 e. The molecule has 1 amide bonds. The lowest BCUT2D eigenvalue weighted by molar-refractivity contribution is -0.122. The summed E-state index contributed by atoms with van der Waals surface area (Å²) in [5.74, 6) is -0.0803. The van der Waals surface area contributed by atoms with Crippen molar-refractivity contribution < 1.29 is 4.79 Å². The van der Waals surface area contributed by atoms with E-state index in [1.54, 1.807) is 6.92 Å². The molecule has 0 aromatic heterocycles. The van der Waals surface area contributed by atoms with Crippen LogP contribution in [0.25, 0.3) is 0 Å². The number of likely N-dealkylation sites (tertiary alicyclic amines) is 1. The maximum absolute atomic E-state index is 11.6. The fourth-order valence-corrected chi connectivity index (χ4v) is 2.96. The molecule has 1 aromatic carbocycles. The highest BCUT2D eigenvalue weighted by Gasteiger charge is 2.23. The number of hydrogen-bond acceptors (Lipinski definition) is 3. The lowest BCUT2D eigenvalue weighted by Gasteiger charge is -2.36. The monoisotopic (exact) mass is 381 g/mol. The van der Waals surface area contributed by atoms with Crippen molar-refractivity contribution in [3.05, 3.63) is 34.9 Å². The average molecular weight is 383 g/mol. The fourth-order valence-electron chi connectivity index (χ4n) is 2.75. The van der Waals surface area contributed by atoms with Crippen molar-refractivity contribution in [1.29, 1.82) is 0 Å². The second-order valence-electron chi connectivity index (χ2n) is 5.78. The quantitative estimate of drug-likeness (QED) is 0.823. The van der Waals surface area contributed by atoms with Gasteiger partial charge in [0.05, 0.1) is 6.04 Å². The highest BCUT2D eigenvalue weighted by Crippen LogP contribution is 2.20. The number of nitrogens with zero attached hydrogens (tertiary/aromatic N) is 1. The highest BCUT2D eigenvalue weighted by molar-refractivity contribution is 6.30. The zero-order valence-electron chi connectivity index (χ0n) is 13.3. The molecule has 0 bridgehead atoms. The third-order valence-electron chi connectivity index (χ3n) is 3.95. The van der Waals surface area contributed by atoms with Crippen LogP contribution in [0.1, 0.15) is 31.7 Å². The number of benzene rings is 1. The molecule has 1 aliphatic rings. The summed E-state index contributed by atoms with van der Waals surface area (Å²) < 4.78 is 0. The van der Waals surface area contributed by atoms with Crippen LogP contribution in [-0.2, 0) is 11.3 Å². The first-order valence-electron chi connectivity index (χ1n) is 7.58. The second kappa shape index (κ2) is 11.1. The first-order chi connectivity index (χ1) is 10.1. The van der Waals surface area contributed by atoms with E-state index in [9.17, 15) is 4.79 Å². The van der Waals surface area contributed by atoms with Gasteiger partial charge in [-0.1, -0.05) is 30.2 Å². The minimum atomic E-state index is -0.449. The molecule has 1 heterocycles. The SMILES string of the molecule is C[C@@H](N)C(=O)NCC1CCCCN1Cc1cccc(Cl)c1.Cl.Cl. The van der Waals surface area contributed by atoms with Crippen LogP contribution in [-0.4, -0.2) is 36.0 Å². The standard InChI is InChI=1S/C16H24ClN3O.2ClH/c1-12(18)16(21)19-10-15-7-2-3-8-20(15)11-13-5-4-6-14(17)9-13;;/h4-6,9,12,15H,2-3,7-8,10-11,18H2,1H3,(H,19,21);2*1H/t12-,15?;;/m1../s1. The Hall–Kier alpha value is -0.520. The zero-order valence-corrected chi connectivity index (χ0v) is 15.7. The van der Waals surface area contributed by atoms with Crippen LogP contribution in [0.3, 0.4) is 0 Å². The Morgan fingerprint density at radius 1 is 1.43 bits per heavy atom. The van der Waals surface area contributed by atoms with Crippen LogP contribution < -0.4 is 11.1 Å². The molecule has 0 aliphatic carbocycles. The number of hydrogen-bond donors (Lipinski definition) is 2. The van der Waals surface area contributed by atoms with Crippen molar-refractivity contribution in [1.82, 2.24) is 10.2 Å². The number of piperidine rings is 1. The first kappa shape index (κ1) is 22.5. The summed E-state index contributed by atoms with van der Waals surface area (Å²) >= 11 is 6.05. The minimum Gasteiger partial charge on any atom is -0.353 e. The summed E-state index contributed by atoms with van der Waals surface area (Å²) in [5, 5.41) is 3.72. The average Bonchev–Trinajstić information content (AvgIpc) is 2.46. The Balaban J connectivity index is 0.00000242. The summed E-state index contributed by atoms with van der Waals surface area (Å²) in [4.78, 5) is 14.1. The van der Waals surface area contributed by atoms with Gasteiger partial charge < -0.3 is 11.1 Å². The van der Waals surface area contributed by atoms with Crippen LogP contribution in [0, 0.1) is 0 Å². The van der Waals surface area contributed by atoms with E-state index < -0.39 is 6.04 Å². The molecule has 4 nitrogen and oxygen atoms in total. The van der Waals surface area contributed by atoms with Crippen molar-refractivity contribution in [2.45, 2.75) is 44.8 Å². The smallest absolute Gasteiger partial charge is 0.236 e. The predicted molar refractivity (Wildman–Crippen MR) is 101 cm³/mol. The van der Waals surface area contributed by atoms with Gasteiger partial charge in [0.1, 0.15) is 0 Å². The Morgan fingerprint density at radius 2 is 2.17 bits per heavy atom. The maximum atomic E-state index is 11.6. The molecule has 3 N–H and O–H groups in total. The van der Waals surface area contributed by atoms with Crippen molar-refractivity contribution in [3.8, 4) is 0 Å². The van der Waals surface area contributed by atoms with Gasteiger partial charge in [0.2, 0.25) is 5.91 Å².